The van der Waals surface area contributed by atoms with E-state index in [1.807, 2.05) is 0 Å². The van der Waals surface area contributed by atoms with Crippen molar-refractivity contribution in [2.24, 2.45) is 5.73 Å². The van der Waals surface area contributed by atoms with Gasteiger partial charge in [0.1, 0.15) is 12.4 Å². The van der Waals surface area contributed by atoms with E-state index in [4.69, 9.17) is 10.5 Å². The quantitative estimate of drug-likeness (QED) is 0.883. The van der Waals surface area contributed by atoms with E-state index in [-0.39, 0.29) is 0 Å². The molecule has 0 amide bonds. The molecule has 1 heterocycles. The third-order valence-electron chi connectivity index (χ3n) is 4.01. The Balaban J connectivity index is 1.85. The van der Waals surface area contributed by atoms with E-state index in [2.05, 4.69) is 42.8 Å². The number of aryl methyl sites for hydroxylation is 2. The topological polar surface area (TPSA) is 41.7 Å². The van der Waals surface area contributed by atoms with Gasteiger partial charge in [0.2, 0.25) is 0 Å². The lowest BCUT2D eigenvalue weighted by Gasteiger charge is -2.32. The molecule has 1 saturated heterocycles. The van der Waals surface area contributed by atoms with E-state index in [1.165, 1.54) is 16.7 Å². The molecule has 0 aromatic heterocycles. The summed E-state index contributed by atoms with van der Waals surface area (Å²) < 4.78 is 6.00. The predicted octanol–water partition coefficient (Wildman–Crippen LogP) is 1.39. The fourth-order valence-electron chi connectivity index (χ4n) is 2.73. The Bertz CT molecular complexity index is 416. The van der Waals surface area contributed by atoms with Gasteiger partial charge in [0, 0.05) is 39.3 Å². The lowest BCUT2D eigenvalue weighted by Crippen LogP contribution is -2.45. The van der Waals surface area contributed by atoms with Gasteiger partial charge in [-0.1, -0.05) is 12.1 Å². The van der Waals surface area contributed by atoms with Crippen molar-refractivity contribution in [3.63, 3.8) is 0 Å². The molecule has 0 bridgehead atoms. The average Bonchev–Trinajstić information content (AvgIpc) is 2.43. The van der Waals surface area contributed by atoms with Gasteiger partial charge in [-0.15, -0.1) is 0 Å². The molecule has 1 aromatic carbocycles. The van der Waals surface area contributed by atoms with Crippen molar-refractivity contribution in [2.75, 3.05) is 46.4 Å². The highest BCUT2D eigenvalue weighted by Crippen LogP contribution is 2.24. The standard InChI is InChI=1S/C16H27N3O/c1-13-10-15(12-17)11-14(2)16(13)20-9-8-19-6-4-18(3)5-7-19/h10-11H,4-9,12,17H2,1-3H3. The summed E-state index contributed by atoms with van der Waals surface area (Å²) in [5.74, 6) is 1.02. The summed E-state index contributed by atoms with van der Waals surface area (Å²) >= 11 is 0. The third kappa shape index (κ3) is 3.95. The summed E-state index contributed by atoms with van der Waals surface area (Å²) in [7, 11) is 2.18. The summed E-state index contributed by atoms with van der Waals surface area (Å²) in [6.45, 7) is 11.1. The van der Waals surface area contributed by atoms with Crippen LogP contribution in [0.25, 0.3) is 0 Å². The number of ether oxygens (including phenoxy) is 1. The van der Waals surface area contributed by atoms with E-state index in [9.17, 15) is 0 Å². The lowest BCUT2D eigenvalue weighted by atomic mass is 10.1. The van der Waals surface area contributed by atoms with Gasteiger partial charge >= 0.3 is 0 Å². The van der Waals surface area contributed by atoms with Gasteiger partial charge in [-0.3, -0.25) is 4.90 Å². The molecule has 0 spiro atoms. The monoisotopic (exact) mass is 277 g/mol. The van der Waals surface area contributed by atoms with Crippen molar-refractivity contribution in [2.45, 2.75) is 20.4 Å². The number of likely N-dealkylation sites (N-methyl/N-ethyl adjacent to an activating group) is 1. The molecular formula is C16H27N3O. The van der Waals surface area contributed by atoms with Gasteiger partial charge in [-0.05, 0) is 37.6 Å². The molecule has 1 aliphatic heterocycles. The van der Waals surface area contributed by atoms with Crippen LogP contribution in [0.5, 0.6) is 5.75 Å². The maximum absolute atomic E-state index is 6.00. The number of hydrogen-bond donors (Lipinski definition) is 1. The Hall–Kier alpha value is -1.10. The first kappa shape index (κ1) is 15.3. The largest absolute Gasteiger partial charge is 0.492 e. The fraction of sp³-hybridized carbons (Fsp3) is 0.625. The molecule has 2 rings (SSSR count). The molecule has 0 unspecified atom stereocenters. The van der Waals surface area contributed by atoms with Gasteiger partial charge < -0.3 is 15.4 Å². The zero-order valence-electron chi connectivity index (χ0n) is 13.0. The van der Waals surface area contributed by atoms with Gasteiger partial charge in [-0.2, -0.15) is 0 Å². The number of hydrogen-bond acceptors (Lipinski definition) is 4. The number of nitrogens with two attached hydrogens (primary N) is 1. The van der Waals surface area contributed by atoms with Crippen LogP contribution < -0.4 is 10.5 Å². The first-order valence-corrected chi connectivity index (χ1v) is 7.44. The van der Waals surface area contributed by atoms with Gasteiger partial charge in [0.05, 0.1) is 0 Å². The Morgan fingerprint density at radius 1 is 1.10 bits per heavy atom. The molecule has 1 aliphatic rings. The van der Waals surface area contributed by atoms with Crippen LogP contribution in [0.15, 0.2) is 12.1 Å². The number of rotatable bonds is 5. The summed E-state index contributed by atoms with van der Waals surface area (Å²) in [5, 5.41) is 0. The average molecular weight is 277 g/mol. The predicted molar refractivity (Wildman–Crippen MR) is 83.2 cm³/mol. The molecule has 1 aromatic rings. The highest BCUT2D eigenvalue weighted by molar-refractivity contribution is 5.43. The minimum atomic E-state index is 0.587. The van der Waals surface area contributed by atoms with Crippen LogP contribution in [0.2, 0.25) is 0 Å². The minimum Gasteiger partial charge on any atom is -0.492 e. The second-order valence-electron chi connectivity index (χ2n) is 5.76. The summed E-state index contributed by atoms with van der Waals surface area (Å²) in [4.78, 5) is 4.84. The zero-order valence-corrected chi connectivity index (χ0v) is 13.0. The first-order valence-electron chi connectivity index (χ1n) is 7.44. The Kier molecular flexibility index (Phi) is 5.40. The molecule has 0 saturated carbocycles. The molecule has 2 N–H and O–H groups in total. The maximum Gasteiger partial charge on any atom is 0.125 e. The number of nitrogens with zero attached hydrogens (tertiary/aromatic N) is 2. The number of piperazine rings is 1. The highest BCUT2D eigenvalue weighted by Gasteiger charge is 2.13. The summed E-state index contributed by atoms with van der Waals surface area (Å²) in [6, 6.07) is 4.25. The molecule has 4 nitrogen and oxygen atoms in total. The highest BCUT2D eigenvalue weighted by atomic mass is 16.5. The molecule has 20 heavy (non-hydrogen) atoms. The SMILES string of the molecule is Cc1cc(CN)cc(C)c1OCCN1CCN(C)CC1. The fourth-order valence-corrected chi connectivity index (χ4v) is 2.73. The Morgan fingerprint density at radius 3 is 2.25 bits per heavy atom. The molecule has 0 atom stereocenters. The van der Waals surface area contributed by atoms with Crippen LogP contribution in [0.4, 0.5) is 0 Å². The molecule has 4 heteroatoms. The van der Waals surface area contributed by atoms with Crippen LogP contribution in [-0.4, -0.2) is 56.2 Å². The van der Waals surface area contributed by atoms with Crippen LogP contribution >= 0.6 is 0 Å². The van der Waals surface area contributed by atoms with Crippen molar-refractivity contribution < 1.29 is 4.74 Å². The van der Waals surface area contributed by atoms with Gasteiger partial charge in [-0.25, -0.2) is 0 Å². The first-order chi connectivity index (χ1) is 9.60. The van der Waals surface area contributed by atoms with Crippen molar-refractivity contribution >= 4 is 0 Å². The van der Waals surface area contributed by atoms with Crippen molar-refractivity contribution in [3.05, 3.63) is 28.8 Å². The van der Waals surface area contributed by atoms with E-state index < -0.39 is 0 Å². The summed E-state index contributed by atoms with van der Waals surface area (Å²) in [6.07, 6.45) is 0. The van der Waals surface area contributed by atoms with Crippen LogP contribution in [0.3, 0.4) is 0 Å². The molecular weight excluding hydrogens is 250 g/mol. The molecule has 0 aliphatic carbocycles. The second kappa shape index (κ2) is 7.07. The summed E-state index contributed by atoms with van der Waals surface area (Å²) in [5.41, 5.74) is 9.24. The van der Waals surface area contributed by atoms with Crippen molar-refractivity contribution in [1.82, 2.24) is 9.80 Å². The molecule has 112 valence electrons. The molecule has 0 radical (unpaired) electrons. The van der Waals surface area contributed by atoms with E-state index >= 15 is 0 Å². The Labute approximate surface area is 122 Å². The smallest absolute Gasteiger partial charge is 0.125 e. The Morgan fingerprint density at radius 2 is 1.70 bits per heavy atom. The zero-order chi connectivity index (χ0) is 14.5. The van der Waals surface area contributed by atoms with Gasteiger partial charge in [0.15, 0.2) is 0 Å². The van der Waals surface area contributed by atoms with Crippen molar-refractivity contribution in [1.29, 1.82) is 0 Å². The molecule has 1 fully saturated rings. The van der Waals surface area contributed by atoms with E-state index in [0.717, 1.165) is 45.1 Å². The lowest BCUT2D eigenvalue weighted by molar-refractivity contribution is 0.133. The number of benzene rings is 1. The van der Waals surface area contributed by atoms with E-state index in [1.54, 1.807) is 0 Å². The second-order valence-corrected chi connectivity index (χ2v) is 5.76. The maximum atomic E-state index is 6.00. The van der Waals surface area contributed by atoms with Crippen molar-refractivity contribution in [3.8, 4) is 5.75 Å². The van der Waals surface area contributed by atoms with Gasteiger partial charge in [0.25, 0.3) is 0 Å². The van der Waals surface area contributed by atoms with E-state index in [0.29, 0.717) is 6.54 Å². The van der Waals surface area contributed by atoms with Crippen LogP contribution in [-0.2, 0) is 6.54 Å². The minimum absolute atomic E-state index is 0.587. The van der Waals surface area contributed by atoms with Crippen LogP contribution in [0, 0.1) is 13.8 Å². The normalized spacial score (nSPS) is 17.4. The third-order valence-corrected chi connectivity index (χ3v) is 4.01. The van der Waals surface area contributed by atoms with Crippen LogP contribution in [0.1, 0.15) is 16.7 Å².